The molecule has 0 spiro atoms. The highest BCUT2D eigenvalue weighted by Crippen LogP contribution is 2.30. The van der Waals surface area contributed by atoms with Gasteiger partial charge >= 0.3 is 5.97 Å². The molecule has 0 aromatic rings. The first-order valence-corrected chi connectivity index (χ1v) is 6.20. The molecule has 2 saturated heterocycles. The smallest absolute Gasteiger partial charge is 0.312 e. The van der Waals surface area contributed by atoms with Crippen molar-refractivity contribution in [3.05, 3.63) is 0 Å². The lowest BCUT2D eigenvalue weighted by Gasteiger charge is -2.34. The molecule has 0 aliphatic carbocycles. The lowest BCUT2D eigenvalue weighted by atomic mass is 9.81. The standard InChI is InChI=1S/C12H21NO3/c1-12(4-6-13-7-5-12)11(14)16-10-2-8-15-9-3-10/h10,13H,2-9H2,1H3. The topological polar surface area (TPSA) is 47.6 Å². The van der Waals surface area contributed by atoms with Gasteiger partial charge in [-0.25, -0.2) is 0 Å². The van der Waals surface area contributed by atoms with Crippen LogP contribution in [0.4, 0.5) is 0 Å². The molecule has 1 N–H and O–H groups in total. The van der Waals surface area contributed by atoms with Gasteiger partial charge in [0, 0.05) is 12.8 Å². The Morgan fingerprint density at radius 2 is 1.94 bits per heavy atom. The van der Waals surface area contributed by atoms with Gasteiger partial charge in [-0.2, -0.15) is 0 Å². The Bertz CT molecular complexity index is 243. The first kappa shape index (κ1) is 11.9. The maximum absolute atomic E-state index is 12.1. The Morgan fingerprint density at radius 3 is 2.56 bits per heavy atom. The quantitative estimate of drug-likeness (QED) is 0.718. The van der Waals surface area contributed by atoms with E-state index in [-0.39, 0.29) is 17.5 Å². The first-order valence-electron chi connectivity index (χ1n) is 6.20. The summed E-state index contributed by atoms with van der Waals surface area (Å²) in [5.41, 5.74) is -0.274. The molecule has 4 heteroatoms. The van der Waals surface area contributed by atoms with Crippen LogP contribution in [0.3, 0.4) is 0 Å². The molecule has 2 aliphatic heterocycles. The minimum Gasteiger partial charge on any atom is -0.462 e. The third-order valence-corrected chi connectivity index (χ3v) is 3.64. The summed E-state index contributed by atoms with van der Waals surface area (Å²) >= 11 is 0. The van der Waals surface area contributed by atoms with Crippen molar-refractivity contribution in [3.63, 3.8) is 0 Å². The molecule has 0 atom stereocenters. The van der Waals surface area contributed by atoms with Crippen molar-refractivity contribution >= 4 is 5.97 Å². The summed E-state index contributed by atoms with van der Waals surface area (Å²) in [5.74, 6) is -0.0131. The lowest BCUT2D eigenvalue weighted by molar-refractivity contribution is -0.166. The lowest BCUT2D eigenvalue weighted by Crippen LogP contribution is -2.42. The van der Waals surface area contributed by atoms with Crippen molar-refractivity contribution in [2.24, 2.45) is 5.41 Å². The Balaban J connectivity index is 1.85. The number of piperidine rings is 1. The fraction of sp³-hybridized carbons (Fsp3) is 0.917. The van der Waals surface area contributed by atoms with Crippen molar-refractivity contribution in [2.75, 3.05) is 26.3 Å². The average molecular weight is 227 g/mol. The number of carbonyl (C=O) groups excluding carboxylic acids is 1. The van der Waals surface area contributed by atoms with Gasteiger partial charge in [-0.15, -0.1) is 0 Å². The van der Waals surface area contributed by atoms with Crippen LogP contribution in [0.5, 0.6) is 0 Å². The maximum atomic E-state index is 12.1. The molecule has 0 saturated carbocycles. The largest absolute Gasteiger partial charge is 0.462 e. The van der Waals surface area contributed by atoms with E-state index in [1.54, 1.807) is 0 Å². The number of carbonyl (C=O) groups is 1. The maximum Gasteiger partial charge on any atom is 0.312 e. The van der Waals surface area contributed by atoms with Crippen molar-refractivity contribution in [1.29, 1.82) is 0 Å². The van der Waals surface area contributed by atoms with Crippen LogP contribution < -0.4 is 5.32 Å². The molecule has 16 heavy (non-hydrogen) atoms. The molecule has 2 heterocycles. The second-order valence-corrected chi connectivity index (χ2v) is 5.03. The number of rotatable bonds is 2. The average Bonchev–Trinajstić information content (AvgIpc) is 2.31. The van der Waals surface area contributed by atoms with Gasteiger partial charge in [0.15, 0.2) is 0 Å². The van der Waals surface area contributed by atoms with Crippen LogP contribution in [0.15, 0.2) is 0 Å². The van der Waals surface area contributed by atoms with Gasteiger partial charge in [0.2, 0.25) is 0 Å². The first-order chi connectivity index (χ1) is 7.71. The van der Waals surface area contributed by atoms with E-state index < -0.39 is 0 Å². The van der Waals surface area contributed by atoms with Crippen LogP contribution >= 0.6 is 0 Å². The monoisotopic (exact) mass is 227 g/mol. The Kier molecular flexibility index (Phi) is 3.82. The molecule has 0 bridgehead atoms. The van der Waals surface area contributed by atoms with Crippen LogP contribution in [0.25, 0.3) is 0 Å². The van der Waals surface area contributed by atoms with Gasteiger partial charge in [0.25, 0.3) is 0 Å². The molecule has 2 rings (SSSR count). The molecule has 0 amide bonds. The van der Waals surface area contributed by atoms with E-state index >= 15 is 0 Å². The number of hydrogen-bond donors (Lipinski definition) is 1. The summed E-state index contributed by atoms with van der Waals surface area (Å²) in [4.78, 5) is 12.1. The number of ether oxygens (including phenoxy) is 2. The molecule has 4 nitrogen and oxygen atoms in total. The van der Waals surface area contributed by atoms with E-state index in [2.05, 4.69) is 5.32 Å². The molecular weight excluding hydrogens is 206 g/mol. The zero-order valence-corrected chi connectivity index (χ0v) is 9.96. The summed E-state index contributed by atoms with van der Waals surface area (Å²) in [6, 6.07) is 0. The molecule has 0 unspecified atom stereocenters. The Labute approximate surface area is 96.7 Å². The van der Waals surface area contributed by atoms with Gasteiger partial charge in [-0.05, 0) is 32.9 Å². The van der Waals surface area contributed by atoms with Crippen LogP contribution in [0.1, 0.15) is 32.6 Å². The van der Waals surface area contributed by atoms with Crippen LogP contribution in [-0.2, 0) is 14.3 Å². The van der Waals surface area contributed by atoms with Crippen LogP contribution in [-0.4, -0.2) is 38.4 Å². The van der Waals surface area contributed by atoms with E-state index in [0.717, 1.165) is 52.0 Å². The van der Waals surface area contributed by atoms with Crippen molar-refractivity contribution in [2.45, 2.75) is 38.7 Å². The molecule has 0 aromatic carbocycles. The third kappa shape index (κ3) is 2.74. The van der Waals surface area contributed by atoms with E-state index in [9.17, 15) is 4.79 Å². The summed E-state index contributed by atoms with van der Waals surface area (Å²) in [6.45, 7) is 5.29. The molecule has 0 radical (unpaired) electrons. The van der Waals surface area contributed by atoms with Gasteiger partial charge in [-0.1, -0.05) is 0 Å². The predicted molar refractivity (Wildman–Crippen MR) is 60.1 cm³/mol. The molecule has 92 valence electrons. The minimum atomic E-state index is -0.274. The third-order valence-electron chi connectivity index (χ3n) is 3.64. The summed E-state index contributed by atoms with van der Waals surface area (Å²) in [7, 11) is 0. The Morgan fingerprint density at radius 1 is 1.31 bits per heavy atom. The van der Waals surface area contributed by atoms with E-state index in [4.69, 9.17) is 9.47 Å². The summed E-state index contributed by atoms with van der Waals surface area (Å²) < 4.78 is 10.8. The van der Waals surface area contributed by atoms with Gasteiger partial charge in [0.05, 0.1) is 18.6 Å². The molecule has 2 aliphatic rings. The van der Waals surface area contributed by atoms with Gasteiger partial charge in [-0.3, -0.25) is 4.79 Å². The summed E-state index contributed by atoms with van der Waals surface area (Å²) in [5, 5.41) is 3.27. The van der Waals surface area contributed by atoms with E-state index in [1.807, 2.05) is 6.92 Å². The number of esters is 1. The number of hydrogen-bond acceptors (Lipinski definition) is 4. The minimum absolute atomic E-state index is 0.0131. The van der Waals surface area contributed by atoms with Crippen molar-refractivity contribution < 1.29 is 14.3 Å². The zero-order valence-electron chi connectivity index (χ0n) is 9.96. The zero-order chi connectivity index (χ0) is 11.4. The summed E-state index contributed by atoms with van der Waals surface area (Å²) in [6.07, 6.45) is 3.54. The second kappa shape index (κ2) is 5.15. The van der Waals surface area contributed by atoms with E-state index in [0.29, 0.717) is 0 Å². The van der Waals surface area contributed by atoms with Crippen molar-refractivity contribution in [3.8, 4) is 0 Å². The van der Waals surface area contributed by atoms with Gasteiger partial charge < -0.3 is 14.8 Å². The second-order valence-electron chi connectivity index (χ2n) is 5.03. The SMILES string of the molecule is CC1(C(=O)OC2CCOCC2)CCNCC1. The van der Waals surface area contributed by atoms with Crippen molar-refractivity contribution in [1.82, 2.24) is 5.32 Å². The van der Waals surface area contributed by atoms with Crippen LogP contribution in [0.2, 0.25) is 0 Å². The fourth-order valence-electron chi connectivity index (χ4n) is 2.27. The van der Waals surface area contributed by atoms with Crippen LogP contribution in [0, 0.1) is 5.41 Å². The van der Waals surface area contributed by atoms with Gasteiger partial charge in [0.1, 0.15) is 6.10 Å². The highest BCUT2D eigenvalue weighted by atomic mass is 16.6. The number of nitrogens with one attached hydrogen (secondary N) is 1. The fourth-order valence-corrected chi connectivity index (χ4v) is 2.27. The normalized spacial score (nSPS) is 26.3. The molecule has 0 aromatic heterocycles. The predicted octanol–water partition coefficient (Wildman–Crippen LogP) is 1.10. The highest BCUT2D eigenvalue weighted by molar-refractivity contribution is 5.76. The highest BCUT2D eigenvalue weighted by Gasteiger charge is 2.37. The van der Waals surface area contributed by atoms with E-state index in [1.165, 1.54) is 0 Å². The molecular formula is C12H21NO3. The molecule has 2 fully saturated rings. The Hall–Kier alpha value is -0.610.